The summed E-state index contributed by atoms with van der Waals surface area (Å²) >= 11 is 3.40. The zero-order chi connectivity index (χ0) is 14.7. The monoisotopic (exact) mass is 355 g/mol. The SMILES string of the molecule is OC(CNC1CCOC1C1CC1)COc1cccc(Br)c1. The van der Waals surface area contributed by atoms with Gasteiger partial charge in [-0.2, -0.15) is 0 Å². The molecule has 1 aromatic rings. The summed E-state index contributed by atoms with van der Waals surface area (Å²) in [5, 5.41) is 13.5. The lowest BCUT2D eigenvalue weighted by molar-refractivity contribution is 0.0706. The minimum Gasteiger partial charge on any atom is -0.491 e. The molecule has 5 heteroatoms. The van der Waals surface area contributed by atoms with Gasteiger partial charge in [0.1, 0.15) is 18.5 Å². The molecule has 116 valence electrons. The quantitative estimate of drug-likeness (QED) is 0.788. The third-order valence-corrected chi connectivity index (χ3v) is 4.57. The standard InChI is InChI=1S/C16H22BrNO3/c17-12-2-1-3-14(8-12)21-10-13(19)9-18-15-6-7-20-16(15)11-4-5-11/h1-3,8,11,13,15-16,18-19H,4-7,9-10H2. The van der Waals surface area contributed by atoms with Crippen LogP contribution >= 0.6 is 15.9 Å². The highest BCUT2D eigenvalue weighted by molar-refractivity contribution is 9.10. The summed E-state index contributed by atoms with van der Waals surface area (Å²) in [7, 11) is 0. The molecule has 0 radical (unpaired) electrons. The van der Waals surface area contributed by atoms with E-state index >= 15 is 0 Å². The molecule has 2 fully saturated rings. The lowest BCUT2D eigenvalue weighted by atomic mass is 10.1. The van der Waals surface area contributed by atoms with Crippen molar-refractivity contribution in [1.82, 2.24) is 5.32 Å². The van der Waals surface area contributed by atoms with Crippen LogP contribution in [0.4, 0.5) is 0 Å². The molecule has 1 heterocycles. The predicted octanol–water partition coefficient (Wildman–Crippen LogP) is 2.35. The molecule has 1 aliphatic heterocycles. The fourth-order valence-corrected chi connectivity index (χ4v) is 3.19. The van der Waals surface area contributed by atoms with Crippen molar-refractivity contribution in [3.05, 3.63) is 28.7 Å². The molecule has 0 aromatic heterocycles. The Morgan fingerprint density at radius 1 is 1.38 bits per heavy atom. The molecule has 0 spiro atoms. The van der Waals surface area contributed by atoms with Crippen LogP contribution in [0.2, 0.25) is 0 Å². The van der Waals surface area contributed by atoms with Crippen molar-refractivity contribution in [3.8, 4) is 5.75 Å². The van der Waals surface area contributed by atoms with Crippen molar-refractivity contribution in [2.75, 3.05) is 19.8 Å². The average Bonchev–Trinajstić information content (AvgIpc) is 3.22. The van der Waals surface area contributed by atoms with Crippen molar-refractivity contribution in [2.45, 2.75) is 37.5 Å². The summed E-state index contributed by atoms with van der Waals surface area (Å²) in [6.45, 7) is 1.68. The van der Waals surface area contributed by atoms with Gasteiger partial charge in [0.25, 0.3) is 0 Å². The number of hydrogen-bond donors (Lipinski definition) is 2. The van der Waals surface area contributed by atoms with Gasteiger partial charge in [-0.1, -0.05) is 22.0 Å². The molecular formula is C16H22BrNO3. The highest BCUT2D eigenvalue weighted by atomic mass is 79.9. The van der Waals surface area contributed by atoms with Crippen molar-refractivity contribution >= 4 is 15.9 Å². The molecular weight excluding hydrogens is 334 g/mol. The molecule has 3 unspecified atom stereocenters. The fourth-order valence-electron chi connectivity index (χ4n) is 2.81. The first-order valence-corrected chi connectivity index (χ1v) is 8.43. The molecule has 2 aliphatic rings. The van der Waals surface area contributed by atoms with E-state index in [4.69, 9.17) is 9.47 Å². The topological polar surface area (TPSA) is 50.7 Å². The number of aliphatic hydroxyl groups is 1. The second kappa shape index (κ2) is 7.09. The number of halogens is 1. The van der Waals surface area contributed by atoms with E-state index in [9.17, 15) is 5.11 Å². The lowest BCUT2D eigenvalue weighted by Crippen LogP contribution is -2.42. The second-order valence-electron chi connectivity index (χ2n) is 5.90. The maximum absolute atomic E-state index is 10.0. The Bertz CT molecular complexity index is 467. The van der Waals surface area contributed by atoms with Crippen LogP contribution in [0.15, 0.2) is 28.7 Å². The number of aliphatic hydroxyl groups excluding tert-OH is 1. The zero-order valence-corrected chi connectivity index (χ0v) is 13.6. The minimum absolute atomic E-state index is 0.297. The van der Waals surface area contributed by atoms with Crippen LogP contribution < -0.4 is 10.1 Å². The molecule has 3 atom stereocenters. The Labute approximate surface area is 134 Å². The van der Waals surface area contributed by atoms with Crippen LogP contribution in [-0.4, -0.2) is 43.1 Å². The van der Waals surface area contributed by atoms with Crippen molar-refractivity contribution in [3.63, 3.8) is 0 Å². The normalized spacial score (nSPS) is 26.8. The molecule has 4 nitrogen and oxygen atoms in total. The van der Waals surface area contributed by atoms with E-state index < -0.39 is 6.10 Å². The third kappa shape index (κ3) is 4.42. The van der Waals surface area contributed by atoms with E-state index in [0.29, 0.717) is 25.3 Å². The first kappa shape index (κ1) is 15.3. The van der Waals surface area contributed by atoms with Crippen LogP contribution in [0.25, 0.3) is 0 Å². The van der Waals surface area contributed by atoms with E-state index in [1.807, 2.05) is 24.3 Å². The van der Waals surface area contributed by atoms with Crippen LogP contribution in [0.3, 0.4) is 0 Å². The Kier molecular flexibility index (Phi) is 5.16. The van der Waals surface area contributed by atoms with Crippen molar-refractivity contribution in [2.24, 2.45) is 5.92 Å². The molecule has 2 N–H and O–H groups in total. The zero-order valence-electron chi connectivity index (χ0n) is 12.0. The maximum atomic E-state index is 10.0. The van der Waals surface area contributed by atoms with Gasteiger partial charge >= 0.3 is 0 Å². The first-order chi connectivity index (χ1) is 10.2. The van der Waals surface area contributed by atoms with E-state index in [-0.39, 0.29) is 0 Å². The molecule has 3 rings (SSSR count). The second-order valence-corrected chi connectivity index (χ2v) is 6.81. The van der Waals surface area contributed by atoms with Gasteiger partial charge in [0.2, 0.25) is 0 Å². The van der Waals surface area contributed by atoms with Gasteiger partial charge in [-0.15, -0.1) is 0 Å². The Morgan fingerprint density at radius 3 is 3.00 bits per heavy atom. The number of ether oxygens (including phenoxy) is 2. The van der Waals surface area contributed by atoms with Crippen LogP contribution in [0.1, 0.15) is 19.3 Å². The minimum atomic E-state index is -0.510. The van der Waals surface area contributed by atoms with E-state index in [1.54, 1.807) is 0 Å². The molecule has 0 bridgehead atoms. The maximum Gasteiger partial charge on any atom is 0.120 e. The Hall–Kier alpha value is -0.620. The van der Waals surface area contributed by atoms with Crippen molar-refractivity contribution < 1.29 is 14.6 Å². The van der Waals surface area contributed by atoms with Gasteiger partial charge in [-0.25, -0.2) is 0 Å². The summed E-state index contributed by atoms with van der Waals surface area (Å²) in [5.41, 5.74) is 0. The average molecular weight is 356 g/mol. The number of nitrogens with one attached hydrogen (secondary N) is 1. The molecule has 1 aliphatic carbocycles. The molecule has 1 saturated heterocycles. The van der Waals surface area contributed by atoms with Gasteiger partial charge in [-0.3, -0.25) is 0 Å². The van der Waals surface area contributed by atoms with Gasteiger partial charge in [-0.05, 0) is 43.4 Å². The van der Waals surface area contributed by atoms with E-state index in [1.165, 1.54) is 12.8 Å². The van der Waals surface area contributed by atoms with Gasteiger partial charge in [0.15, 0.2) is 0 Å². The van der Waals surface area contributed by atoms with E-state index in [0.717, 1.165) is 29.2 Å². The number of benzene rings is 1. The first-order valence-electron chi connectivity index (χ1n) is 7.64. The highest BCUT2D eigenvalue weighted by Crippen LogP contribution is 2.38. The van der Waals surface area contributed by atoms with Gasteiger partial charge in [0, 0.05) is 23.7 Å². The summed E-state index contributed by atoms with van der Waals surface area (Å²) in [6, 6.07) is 8.04. The van der Waals surface area contributed by atoms with Crippen LogP contribution in [0, 0.1) is 5.92 Å². The number of hydrogen-bond acceptors (Lipinski definition) is 4. The van der Waals surface area contributed by atoms with Gasteiger partial charge < -0.3 is 19.9 Å². The Balaban J connectivity index is 1.39. The summed E-state index contributed by atoms with van der Waals surface area (Å²) < 4.78 is 12.4. The Morgan fingerprint density at radius 2 is 2.24 bits per heavy atom. The largest absolute Gasteiger partial charge is 0.491 e. The van der Waals surface area contributed by atoms with Gasteiger partial charge in [0.05, 0.1) is 6.10 Å². The molecule has 1 aromatic carbocycles. The lowest BCUT2D eigenvalue weighted by Gasteiger charge is -2.21. The highest BCUT2D eigenvalue weighted by Gasteiger charge is 2.40. The molecule has 21 heavy (non-hydrogen) atoms. The van der Waals surface area contributed by atoms with Crippen LogP contribution in [0.5, 0.6) is 5.75 Å². The van der Waals surface area contributed by atoms with Crippen molar-refractivity contribution in [1.29, 1.82) is 0 Å². The predicted molar refractivity (Wildman–Crippen MR) is 84.5 cm³/mol. The summed E-state index contributed by atoms with van der Waals surface area (Å²) in [4.78, 5) is 0. The van der Waals surface area contributed by atoms with Crippen LogP contribution in [-0.2, 0) is 4.74 Å². The molecule has 0 amide bonds. The smallest absolute Gasteiger partial charge is 0.120 e. The summed E-state index contributed by atoms with van der Waals surface area (Å²) in [5.74, 6) is 1.50. The summed E-state index contributed by atoms with van der Waals surface area (Å²) in [6.07, 6.45) is 3.46. The third-order valence-electron chi connectivity index (χ3n) is 4.08. The fraction of sp³-hybridized carbons (Fsp3) is 0.625. The molecule has 1 saturated carbocycles. The number of rotatable bonds is 7. The van der Waals surface area contributed by atoms with E-state index in [2.05, 4.69) is 21.2 Å².